The highest BCUT2D eigenvalue weighted by molar-refractivity contribution is 5.89. The van der Waals surface area contributed by atoms with Crippen molar-refractivity contribution < 1.29 is 4.74 Å². The highest BCUT2D eigenvalue weighted by atomic mass is 16.5. The maximum atomic E-state index is 6.69. The first-order valence-corrected chi connectivity index (χ1v) is 20.3. The summed E-state index contributed by atoms with van der Waals surface area (Å²) >= 11 is 0. The topological polar surface area (TPSA) is 47.9 Å². The SMILES string of the molecule is CC1(C)c2ccccc2-c2ccc(-c3nc(-c4ccccc4)nc(-c4ccc(-c5ccc6c(c5)C5(c7ccccc7O6)c6ccccc6-c6ccccc65)cc4)n3)cc21. The van der Waals surface area contributed by atoms with E-state index in [4.69, 9.17) is 19.7 Å². The molecule has 59 heavy (non-hydrogen) atoms. The summed E-state index contributed by atoms with van der Waals surface area (Å²) in [5, 5.41) is 0. The lowest BCUT2D eigenvalue weighted by Gasteiger charge is -2.39. The van der Waals surface area contributed by atoms with Crippen molar-refractivity contribution in [2.24, 2.45) is 0 Å². The monoisotopic (exact) mass is 755 g/mol. The summed E-state index contributed by atoms with van der Waals surface area (Å²) in [6.45, 7) is 4.61. The second-order valence-corrected chi connectivity index (χ2v) is 16.3. The van der Waals surface area contributed by atoms with E-state index in [1.807, 2.05) is 18.2 Å². The largest absolute Gasteiger partial charge is 0.457 e. The van der Waals surface area contributed by atoms with E-state index in [-0.39, 0.29) is 5.41 Å². The molecule has 0 unspecified atom stereocenters. The lowest BCUT2D eigenvalue weighted by atomic mass is 9.66. The molecule has 2 aliphatic carbocycles. The van der Waals surface area contributed by atoms with Crippen LogP contribution in [0.15, 0.2) is 188 Å². The molecule has 1 aromatic heterocycles. The quantitative estimate of drug-likeness (QED) is 0.179. The predicted octanol–water partition coefficient (Wildman–Crippen LogP) is 13.3. The van der Waals surface area contributed by atoms with Gasteiger partial charge in [-0.15, -0.1) is 0 Å². The molecule has 12 rings (SSSR count). The molecule has 4 heteroatoms. The zero-order valence-corrected chi connectivity index (χ0v) is 32.6. The van der Waals surface area contributed by atoms with Gasteiger partial charge in [0.1, 0.15) is 11.5 Å². The molecule has 0 bridgehead atoms. The summed E-state index contributed by atoms with van der Waals surface area (Å²) in [4.78, 5) is 15.3. The zero-order valence-electron chi connectivity index (χ0n) is 32.6. The van der Waals surface area contributed by atoms with Crippen molar-refractivity contribution in [2.75, 3.05) is 0 Å². The van der Waals surface area contributed by atoms with E-state index < -0.39 is 5.41 Å². The summed E-state index contributed by atoms with van der Waals surface area (Å²) < 4.78 is 6.69. The minimum Gasteiger partial charge on any atom is -0.457 e. The molecule has 1 aliphatic heterocycles. The van der Waals surface area contributed by atoms with Crippen molar-refractivity contribution in [3.05, 3.63) is 221 Å². The number of benzene rings is 8. The first-order valence-electron chi connectivity index (χ1n) is 20.3. The lowest BCUT2D eigenvalue weighted by molar-refractivity contribution is 0.436. The van der Waals surface area contributed by atoms with Gasteiger partial charge in [-0.3, -0.25) is 0 Å². The Hall–Kier alpha value is -7.43. The average Bonchev–Trinajstić information content (AvgIpc) is 3.72. The standard InChI is InChI=1S/C55H37N3O/c1-54(2)43-19-9-6-16-39(43)42-30-28-38(33-47(42)54)53-57-51(35-14-4-3-5-15-35)56-52(58-53)36-26-24-34(25-27-36)37-29-31-50-48(32-37)55(46-22-12-13-23-49(46)59-50)44-20-10-7-17-40(44)41-18-8-11-21-45(41)55/h3-33H,1-2H3. The Morgan fingerprint density at radius 3 is 1.44 bits per heavy atom. The third kappa shape index (κ3) is 4.87. The highest BCUT2D eigenvalue weighted by Gasteiger charge is 2.51. The third-order valence-electron chi connectivity index (χ3n) is 12.8. The number of hydrogen-bond acceptors (Lipinski definition) is 4. The Morgan fingerprint density at radius 1 is 0.322 bits per heavy atom. The Bertz CT molecular complexity index is 3120. The maximum absolute atomic E-state index is 6.69. The van der Waals surface area contributed by atoms with Crippen LogP contribution >= 0.6 is 0 Å². The van der Waals surface area contributed by atoms with Crippen molar-refractivity contribution in [1.29, 1.82) is 0 Å². The van der Waals surface area contributed by atoms with Gasteiger partial charge in [0.05, 0.1) is 5.41 Å². The van der Waals surface area contributed by atoms with E-state index >= 15 is 0 Å². The molecule has 3 aliphatic rings. The van der Waals surface area contributed by atoms with Crippen LogP contribution in [0.25, 0.3) is 67.5 Å². The zero-order chi connectivity index (χ0) is 39.3. The summed E-state index contributed by atoms with van der Waals surface area (Å²) in [6, 6.07) is 67.0. The fourth-order valence-electron chi connectivity index (χ4n) is 10.0. The predicted molar refractivity (Wildman–Crippen MR) is 237 cm³/mol. The molecule has 4 nitrogen and oxygen atoms in total. The van der Waals surface area contributed by atoms with Crippen LogP contribution in [0.4, 0.5) is 0 Å². The van der Waals surface area contributed by atoms with E-state index in [2.05, 4.69) is 184 Å². The van der Waals surface area contributed by atoms with Crippen LogP contribution in [0.3, 0.4) is 0 Å². The summed E-state index contributed by atoms with van der Waals surface area (Å²) in [6.07, 6.45) is 0. The normalized spacial score (nSPS) is 14.3. The van der Waals surface area contributed by atoms with Crippen LogP contribution in [-0.2, 0) is 10.8 Å². The maximum Gasteiger partial charge on any atom is 0.164 e. The van der Waals surface area contributed by atoms with E-state index in [0.29, 0.717) is 17.5 Å². The number of rotatable bonds is 4. The smallest absolute Gasteiger partial charge is 0.164 e. The summed E-state index contributed by atoms with van der Waals surface area (Å²) in [5.74, 6) is 3.71. The molecule has 278 valence electrons. The van der Waals surface area contributed by atoms with E-state index in [0.717, 1.165) is 50.4 Å². The molecule has 0 radical (unpaired) electrons. The van der Waals surface area contributed by atoms with Gasteiger partial charge in [-0.05, 0) is 79.9 Å². The van der Waals surface area contributed by atoms with Crippen LogP contribution in [0.2, 0.25) is 0 Å². The third-order valence-corrected chi connectivity index (χ3v) is 12.8. The van der Waals surface area contributed by atoms with Crippen molar-refractivity contribution in [2.45, 2.75) is 24.7 Å². The molecular weight excluding hydrogens is 719 g/mol. The lowest BCUT2D eigenvalue weighted by Crippen LogP contribution is -2.32. The van der Waals surface area contributed by atoms with E-state index in [9.17, 15) is 0 Å². The van der Waals surface area contributed by atoms with Gasteiger partial charge in [0.15, 0.2) is 17.5 Å². The van der Waals surface area contributed by atoms with Gasteiger partial charge >= 0.3 is 0 Å². The number of para-hydroxylation sites is 1. The number of fused-ring (bicyclic) bond motifs is 12. The van der Waals surface area contributed by atoms with Crippen LogP contribution in [0.1, 0.15) is 47.2 Å². The molecule has 9 aromatic rings. The average molecular weight is 756 g/mol. The number of ether oxygens (including phenoxy) is 1. The van der Waals surface area contributed by atoms with Gasteiger partial charge < -0.3 is 4.74 Å². The van der Waals surface area contributed by atoms with Crippen LogP contribution in [-0.4, -0.2) is 15.0 Å². The molecule has 0 fully saturated rings. The molecule has 2 heterocycles. The molecule has 0 saturated heterocycles. The van der Waals surface area contributed by atoms with E-state index in [1.54, 1.807) is 0 Å². The van der Waals surface area contributed by atoms with Gasteiger partial charge in [-0.1, -0.05) is 178 Å². The van der Waals surface area contributed by atoms with Gasteiger partial charge in [-0.2, -0.15) is 0 Å². The van der Waals surface area contributed by atoms with Gasteiger partial charge in [0.2, 0.25) is 0 Å². The Kier molecular flexibility index (Phi) is 7.16. The molecule has 0 saturated carbocycles. The molecule has 0 N–H and O–H groups in total. The van der Waals surface area contributed by atoms with Crippen molar-refractivity contribution in [1.82, 2.24) is 15.0 Å². The van der Waals surface area contributed by atoms with Crippen LogP contribution in [0, 0.1) is 0 Å². The highest BCUT2D eigenvalue weighted by Crippen LogP contribution is 2.62. The minimum atomic E-state index is -0.516. The summed E-state index contributed by atoms with van der Waals surface area (Å²) in [5.41, 5.74) is 17.0. The Morgan fingerprint density at radius 2 is 0.763 bits per heavy atom. The van der Waals surface area contributed by atoms with Crippen LogP contribution < -0.4 is 4.74 Å². The first kappa shape index (κ1) is 33.7. The molecule has 0 atom stereocenters. The summed E-state index contributed by atoms with van der Waals surface area (Å²) in [7, 11) is 0. The number of aromatic nitrogens is 3. The Labute approximate surface area is 343 Å². The first-order chi connectivity index (χ1) is 29.0. The molecular formula is C55H37N3O. The molecule has 0 amide bonds. The van der Waals surface area contributed by atoms with Crippen molar-refractivity contribution >= 4 is 0 Å². The van der Waals surface area contributed by atoms with Gasteiger partial charge in [-0.25, -0.2) is 15.0 Å². The van der Waals surface area contributed by atoms with Gasteiger partial charge in [0, 0.05) is 33.2 Å². The second kappa shape index (κ2) is 12.5. The number of nitrogens with zero attached hydrogens (tertiary/aromatic N) is 3. The van der Waals surface area contributed by atoms with E-state index in [1.165, 1.54) is 44.5 Å². The van der Waals surface area contributed by atoms with Crippen LogP contribution in [0.5, 0.6) is 11.5 Å². The minimum absolute atomic E-state index is 0.133. The number of hydrogen-bond donors (Lipinski definition) is 0. The van der Waals surface area contributed by atoms with Gasteiger partial charge in [0.25, 0.3) is 0 Å². The Balaban J connectivity index is 0.968. The van der Waals surface area contributed by atoms with Crippen molar-refractivity contribution in [3.63, 3.8) is 0 Å². The second-order valence-electron chi connectivity index (χ2n) is 16.3. The van der Waals surface area contributed by atoms with Crippen molar-refractivity contribution in [3.8, 4) is 79.0 Å². The fourth-order valence-corrected chi connectivity index (χ4v) is 10.0. The fraction of sp³-hybridized carbons (Fsp3) is 0.0727. The molecule has 8 aromatic carbocycles. The molecule has 1 spiro atoms.